The predicted molar refractivity (Wildman–Crippen MR) is 82.1 cm³/mol. The number of rotatable bonds is 8. The zero-order chi connectivity index (χ0) is 16.0. The molecule has 0 saturated carbocycles. The van der Waals surface area contributed by atoms with E-state index in [-0.39, 0.29) is 18.9 Å². The fourth-order valence-electron chi connectivity index (χ4n) is 2.69. The molecule has 0 aromatic rings. The van der Waals surface area contributed by atoms with Gasteiger partial charge >= 0.3 is 5.97 Å². The van der Waals surface area contributed by atoms with Crippen LogP contribution in [0.1, 0.15) is 46.5 Å². The van der Waals surface area contributed by atoms with Crippen molar-refractivity contribution in [2.45, 2.75) is 46.5 Å². The van der Waals surface area contributed by atoms with Crippen LogP contribution in [0.3, 0.4) is 0 Å². The van der Waals surface area contributed by atoms with Gasteiger partial charge in [0.25, 0.3) is 10.2 Å². The Bertz CT molecular complexity index is 428. The first-order valence-electron chi connectivity index (χ1n) is 7.67. The highest BCUT2D eigenvalue weighted by atomic mass is 32.2. The van der Waals surface area contributed by atoms with Gasteiger partial charge in [0.2, 0.25) is 0 Å². The molecule has 21 heavy (non-hydrogen) atoms. The summed E-state index contributed by atoms with van der Waals surface area (Å²) in [6.07, 6.45) is 2.46. The Kier molecular flexibility index (Phi) is 7.09. The van der Waals surface area contributed by atoms with Crippen molar-refractivity contribution in [3.63, 3.8) is 0 Å². The normalized spacial score (nSPS) is 19.8. The van der Waals surface area contributed by atoms with Crippen LogP contribution in [0.2, 0.25) is 0 Å². The van der Waals surface area contributed by atoms with Gasteiger partial charge in [0.05, 0.1) is 0 Å². The molecule has 1 aliphatic rings. The van der Waals surface area contributed by atoms with Gasteiger partial charge in [0.1, 0.15) is 0 Å². The van der Waals surface area contributed by atoms with Crippen molar-refractivity contribution < 1.29 is 18.3 Å². The zero-order valence-corrected chi connectivity index (χ0v) is 14.0. The minimum absolute atomic E-state index is 0.00225. The van der Waals surface area contributed by atoms with Crippen LogP contribution in [-0.2, 0) is 15.0 Å². The highest BCUT2D eigenvalue weighted by Gasteiger charge is 2.27. The maximum Gasteiger partial charge on any atom is 0.303 e. The Morgan fingerprint density at radius 1 is 1.33 bits per heavy atom. The lowest BCUT2D eigenvalue weighted by Crippen LogP contribution is -2.46. The first-order valence-corrected chi connectivity index (χ1v) is 9.11. The Balaban J connectivity index is 2.54. The van der Waals surface area contributed by atoms with Crippen LogP contribution in [0.4, 0.5) is 0 Å². The van der Waals surface area contributed by atoms with Gasteiger partial charge in [0, 0.05) is 26.1 Å². The van der Waals surface area contributed by atoms with E-state index in [2.05, 4.69) is 11.6 Å². The number of nitrogens with zero attached hydrogens (tertiary/aromatic N) is 1. The number of piperidine rings is 1. The molecule has 0 aliphatic carbocycles. The number of hydrogen-bond acceptors (Lipinski definition) is 3. The van der Waals surface area contributed by atoms with Crippen LogP contribution in [0.15, 0.2) is 0 Å². The summed E-state index contributed by atoms with van der Waals surface area (Å²) in [7, 11) is -3.48. The largest absolute Gasteiger partial charge is 0.481 e. The van der Waals surface area contributed by atoms with Crippen LogP contribution < -0.4 is 4.72 Å². The van der Waals surface area contributed by atoms with E-state index in [0.717, 1.165) is 12.8 Å². The van der Waals surface area contributed by atoms with E-state index in [9.17, 15) is 13.2 Å². The molecular formula is C14H28N2O4S. The van der Waals surface area contributed by atoms with Crippen molar-refractivity contribution >= 4 is 16.2 Å². The van der Waals surface area contributed by atoms with Crippen molar-refractivity contribution in [2.24, 2.45) is 17.8 Å². The van der Waals surface area contributed by atoms with Crippen molar-refractivity contribution in [1.29, 1.82) is 0 Å². The molecule has 1 rings (SSSR count). The summed E-state index contributed by atoms with van der Waals surface area (Å²) in [6, 6.07) is 0. The fraction of sp³-hybridized carbons (Fsp3) is 0.929. The second-order valence-corrected chi connectivity index (χ2v) is 8.28. The molecular weight excluding hydrogens is 292 g/mol. The van der Waals surface area contributed by atoms with Crippen molar-refractivity contribution in [3.8, 4) is 0 Å². The average Bonchev–Trinajstić information content (AvgIpc) is 2.35. The van der Waals surface area contributed by atoms with Gasteiger partial charge in [-0.1, -0.05) is 20.8 Å². The second-order valence-electron chi connectivity index (χ2n) is 6.53. The molecule has 1 aliphatic heterocycles. The standard InChI is InChI=1S/C14H28N2O4S/c1-11(2)8-13(9-14(17)18)10-15-21(19,20)16-6-4-12(3)5-7-16/h11-13,15H,4-10H2,1-3H3,(H,17,18). The maximum absolute atomic E-state index is 12.2. The summed E-state index contributed by atoms with van der Waals surface area (Å²) in [5.74, 6) is -0.139. The smallest absolute Gasteiger partial charge is 0.303 e. The molecule has 0 bridgehead atoms. The summed E-state index contributed by atoms with van der Waals surface area (Å²) < 4.78 is 28.5. The Morgan fingerprint density at radius 3 is 2.38 bits per heavy atom. The maximum atomic E-state index is 12.2. The highest BCUT2D eigenvalue weighted by molar-refractivity contribution is 7.87. The van der Waals surface area contributed by atoms with Gasteiger partial charge in [-0.05, 0) is 37.0 Å². The minimum atomic E-state index is -3.48. The Hall–Kier alpha value is -0.660. The average molecular weight is 320 g/mol. The second kappa shape index (κ2) is 8.10. The number of carboxylic acids is 1. The first kappa shape index (κ1) is 18.4. The van der Waals surface area contributed by atoms with Crippen LogP contribution >= 0.6 is 0 Å². The van der Waals surface area contributed by atoms with Crippen LogP contribution in [0.5, 0.6) is 0 Å². The van der Waals surface area contributed by atoms with Crippen LogP contribution in [-0.4, -0.2) is 43.4 Å². The van der Waals surface area contributed by atoms with Gasteiger partial charge < -0.3 is 5.11 Å². The van der Waals surface area contributed by atoms with E-state index >= 15 is 0 Å². The number of carboxylic acid groups (broad SMARTS) is 1. The van der Waals surface area contributed by atoms with Gasteiger partial charge in [-0.25, -0.2) is 4.72 Å². The molecule has 0 amide bonds. The first-order chi connectivity index (χ1) is 9.70. The molecule has 1 saturated heterocycles. The molecule has 1 heterocycles. The third-order valence-electron chi connectivity index (χ3n) is 3.90. The van der Waals surface area contributed by atoms with Crippen molar-refractivity contribution in [2.75, 3.05) is 19.6 Å². The number of nitrogens with one attached hydrogen (secondary N) is 1. The molecule has 1 atom stereocenters. The third kappa shape index (κ3) is 6.76. The summed E-state index contributed by atoms with van der Waals surface area (Å²) in [6.45, 7) is 7.43. The molecule has 2 N–H and O–H groups in total. The molecule has 6 nitrogen and oxygen atoms in total. The van der Waals surface area contributed by atoms with Gasteiger partial charge in [-0.3, -0.25) is 4.79 Å². The predicted octanol–water partition coefficient (Wildman–Crippen LogP) is 1.69. The van der Waals surface area contributed by atoms with E-state index in [4.69, 9.17) is 5.11 Å². The molecule has 0 aromatic heterocycles. The molecule has 0 aromatic carbocycles. The number of hydrogen-bond donors (Lipinski definition) is 2. The Labute approximate surface area is 128 Å². The SMILES string of the molecule is CC(C)CC(CNS(=O)(=O)N1CCC(C)CC1)CC(=O)O. The monoisotopic (exact) mass is 320 g/mol. The Morgan fingerprint density at radius 2 is 1.90 bits per heavy atom. The number of aliphatic carboxylic acids is 1. The fourth-order valence-corrected chi connectivity index (χ4v) is 4.01. The summed E-state index contributed by atoms with van der Waals surface area (Å²) >= 11 is 0. The third-order valence-corrected chi connectivity index (χ3v) is 5.48. The topological polar surface area (TPSA) is 86.7 Å². The van der Waals surface area contributed by atoms with Gasteiger partial charge in [-0.2, -0.15) is 12.7 Å². The molecule has 0 spiro atoms. The van der Waals surface area contributed by atoms with Gasteiger partial charge in [0.15, 0.2) is 0 Å². The van der Waals surface area contributed by atoms with Crippen LogP contribution in [0, 0.1) is 17.8 Å². The quantitative estimate of drug-likeness (QED) is 0.712. The molecule has 1 fully saturated rings. The van der Waals surface area contributed by atoms with Crippen LogP contribution in [0.25, 0.3) is 0 Å². The zero-order valence-electron chi connectivity index (χ0n) is 13.2. The molecule has 0 radical (unpaired) electrons. The van der Waals surface area contributed by atoms with E-state index in [1.54, 1.807) is 0 Å². The lowest BCUT2D eigenvalue weighted by Gasteiger charge is -2.30. The van der Waals surface area contributed by atoms with Gasteiger partial charge in [-0.15, -0.1) is 0 Å². The lowest BCUT2D eigenvalue weighted by atomic mass is 9.94. The number of carbonyl (C=O) groups is 1. The molecule has 7 heteroatoms. The summed E-state index contributed by atoms with van der Waals surface area (Å²) in [5, 5.41) is 8.92. The van der Waals surface area contributed by atoms with Crippen molar-refractivity contribution in [3.05, 3.63) is 0 Å². The minimum Gasteiger partial charge on any atom is -0.481 e. The molecule has 124 valence electrons. The highest BCUT2D eigenvalue weighted by Crippen LogP contribution is 2.19. The van der Waals surface area contributed by atoms with E-state index < -0.39 is 16.2 Å². The van der Waals surface area contributed by atoms with E-state index in [0.29, 0.717) is 31.3 Å². The van der Waals surface area contributed by atoms with E-state index in [1.165, 1.54) is 4.31 Å². The van der Waals surface area contributed by atoms with E-state index in [1.807, 2.05) is 13.8 Å². The molecule has 1 unspecified atom stereocenters. The lowest BCUT2D eigenvalue weighted by molar-refractivity contribution is -0.138. The van der Waals surface area contributed by atoms with Crippen molar-refractivity contribution in [1.82, 2.24) is 9.03 Å². The summed E-state index contributed by atoms with van der Waals surface area (Å²) in [4.78, 5) is 10.9. The summed E-state index contributed by atoms with van der Waals surface area (Å²) in [5.41, 5.74) is 0.